The molecule has 65 heavy (non-hydrogen) atoms. The summed E-state index contributed by atoms with van der Waals surface area (Å²) in [4.78, 5) is 131. The fourth-order valence-electron chi connectivity index (χ4n) is 6.22. The van der Waals surface area contributed by atoms with Gasteiger partial charge >= 0.3 is 5.97 Å². The lowest BCUT2D eigenvalue weighted by Crippen LogP contribution is -2.61. The zero-order valence-corrected chi connectivity index (χ0v) is 34.8. The van der Waals surface area contributed by atoms with Gasteiger partial charge in [0.2, 0.25) is 53.2 Å². The molecule has 7 atom stereocenters. The van der Waals surface area contributed by atoms with Crippen LogP contribution in [0, 0.1) is 0 Å². The van der Waals surface area contributed by atoms with Gasteiger partial charge in [-0.3, -0.25) is 43.2 Å². The first-order chi connectivity index (χ1) is 30.9. The first kappa shape index (κ1) is 51.9. The van der Waals surface area contributed by atoms with Gasteiger partial charge in [-0.05, 0) is 23.6 Å². The summed E-state index contributed by atoms with van der Waals surface area (Å²) in [5, 5.41) is 54.9. The number of benzene rings is 2. The fourth-order valence-corrected chi connectivity index (χ4v) is 6.22. The number of carbonyl (C=O) groups is 10. The lowest BCUT2D eigenvalue weighted by Gasteiger charge is -2.27. The number of hydrogen-bond acceptors (Lipinski definition) is 14. The molecule has 25 nitrogen and oxygen atoms in total. The molecule has 0 saturated carbocycles. The van der Waals surface area contributed by atoms with Crippen molar-refractivity contribution in [2.24, 2.45) is 17.2 Å². The van der Waals surface area contributed by atoms with E-state index in [0.717, 1.165) is 10.9 Å². The zero-order chi connectivity index (χ0) is 48.2. The summed E-state index contributed by atoms with van der Waals surface area (Å²) in [6.45, 7) is -3.70. The quantitative estimate of drug-likeness (QED) is 0.0338. The molecule has 0 aliphatic carbocycles. The van der Waals surface area contributed by atoms with Gasteiger partial charge in [0.1, 0.15) is 42.3 Å². The second-order valence-electron chi connectivity index (χ2n) is 14.5. The van der Waals surface area contributed by atoms with Crippen LogP contribution in [-0.2, 0) is 60.8 Å². The van der Waals surface area contributed by atoms with Crippen LogP contribution in [0.2, 0.25) is 0 Å². The molecule has 18 N–H and O–H groups in total. The average molecular weight is 912 g/mol. The lowest BCUT2D eigenvalue weighted by molar-refractivity contribution is -0.143. The molecule has 0 aliphatic heterocycles. The highest BCUT2D eigenvalue weighted by molar-refractivity contribution is 5.99. The molecule has 0 aliphatic rings. The number of para-hydroxylation sites is 1. The van der Waals surface area contributed by atoms with Gasteiger partial charge in [-0.2, -0.15) is 0 Å². The highest BCUT2D eigenvalue weighted by atomic mass is 16.4. The first-order valence-electron chi connectivity index (χ1n) is 19.9. The Kier molecular flexibility index (Phi) is 20.4. The van der Waals surface area contributed by atoms with E-state index in [1.807, 2.05) is 5.32 Å². The van der Waals surface area contributed by atoms with Crippen LogP contribution >= 0.6 is 0 Å². The van der Waals surface area contributed by atoms with Crippen molar-refractivity contribution < 1.29 is 68.4 Å². The Morgan fingerprint density at radius 3 is 1.54 bits per heavy atom. The van der Waals surface area contributed by atoms with Crippen LogP contribution < -0.4 is 54.4 Å². The minimum atomic E-state index is -1.86. The van der Waals surface area contributed by atoms with Crippen molar-refractivity contribution in [3.8, 4) is 0 Å². The molecule has 1 heterocycles. The van der Waals surface area contributed by atoms with E-state index in [4.69, 9.17) is 22.3 Å². The molecular weight excluding hydrogens is 859 g/mol. The van der Waals surface area contributed by atoms with Crippen LogP contribution in [0.3, 0.4) is 0 Å². The van der Waals surface area contributed by atoms with Crippen molar-refractivity contribution in [3.05, 3.63) is 71.9 Å². The highest BCUT2D eigenvalue weighted by Crippen LogP contribution is 2.19. The number of aromatic nitrogens is 1. The van der Waals surface area contributed by atoms with Gasteiger partial charge in [-0.25, -0.2) is 4.79 Å². The molecule has 3 rings (SSSR count). The number of carboxylic acid groups (broad SMARTS) is 1. The molecule has 0 radical (unpaired) electrons. The molecular formula is C40H53N11O14. The van der Waals surface area contributed by atoms with Gasteiger partial charge in [0.25, 0.3) is 0 Å². The number of fused-ring (bicyclic) bond motifs is 1. The van der Waals surface area contributed by atoms with E-state index < -0.39 is 147 Å². The van der Waals surface area contributed by atoms with E-state index >= 15 is 0 Å². The molecule has 3 aromatic rings. The van der Waals surface area contributed by atoms with E-state index in [9.17, 15) is 63.3 Å². The Bertz CT molecular complexity index is 2190. The molecule has 0 bridgehead atoms. The Hall–Kier alpha value is -7.48. The second-order valence-corrected chi connectivity index (χ2v) is 14.5. The number of carbonyl (C=O) groups excluding carboxylic acids is 9. The number of primary amides is 2. The van der Waals surface area contributed by atoms with Crippen molar-refractivity contribution in [3.63, 3.8) is 0 Å². The van der Waals surface area contributed by atoms with E-state index in [-0.39, 0.29) is 12.8 Å². The predicted molar refractivity (Wildman–Crippen MR) is 226 cm³/mol. The number of nitrogens with one attached hydrogen (secondary N) is 8. The lowest BCUT2D eigenvalue weighted by atomic mass is 10.0. The van der Waals surface area contributed by atoms with Crippen molar-refractivity contribution in [2.45, 2.75) is 74.4 Å². The van der Waals surface area contributed by atoms with Crippen molar-refractivity contribution in [2.75, 3.05) is 26.4 Å². The molecule has 352 valence electrons. The van der Waals surface area contributed by atoms with E-state index in [1.54, 1.807) is 60.8 Å². The average Bonchev–Trinajstić information content (AvgIpc) is 3.68. The fraction of sp³-hybridized carbons (Fsp3) is 0.400. The number of aliphatic hydroxyl groups excluding tert-OH is 3. The molecule has 1 aromatic heterocycles. The molecule has 0 unspecified atom stereocenters. The summed E-state index contributed by atoms with van der Waals surface area (Å²) in [5.74, 6) is -11.1. The highest BCUT2D eigenvalue weighted by Gasteiger charge is 2.35. The van der Waals surface area contributed by atoms with Crippen LogP contribution in [0.15, 0.2) is 60.8 Å². The monoisotopic (exact) mass is 911 g/mol. The standard InChI is InChI=1S/C40H53N11O14/c41-15-33(57)45-26(13-21-16-44-23-9-5-4-8-22(21)23)36(60)48-27(14-32(43)56)37(61)50-28(17-52)38(62)47-25(12-20-6-2-1-3-7-20)35(59)46-24(10-11-31(42)55)34(58)49-29(18-53)39(63)51-30(19-54)40(64)65/h1-9,16,24-30,44,52-54H,10-15,17-19,41H2,(H2,42,55)(H2,43,56)(H,45,57)(H,46,59)(H,47,62)(H,48,60)(H,49,58)(H,50,61)(H,51,63)(H,64,65)/t24-,25-,26-,27-,28-,29-,30-/m0/s1. The summed E-state index contributed by atoms with van der Waals surface area (Å²) in [5.41, 5.74) is 17.9. The Balaban J connectivity index is 1.84. The van der Waals surface area contributed by atoms with Crippen molar-refractivity contribution in [1.82, 2.24) is 42.2 Å². The summed E-state index contributed by atoms with van der Waals surface area (Å²) in [6, 6.07) is 3.29. The third kappa shape index (κ3) is 16.3. The van der Waals surface area contributed by atoms with Crippen molar-refractivity contribution >= 4 is 70.0 Å². The molecule has 0 fully saturated rings. The minimum Gasteiger partial charge on any atom is -0.480 e. The predicted octanol–water partition coefficient (Wildman–Crippen LogP) is -6.49. The zero-order valence-electron chi connectivity index (χ0n) is 34.8. The molecule has 0 spiro atoms. The minimum absolute atomic E-state index is 0.0979. The first-order valence-corrected chi connectivity index (χ1v) is 19.9. The van der Waals surface area contributed by atoms with Crippen LogP contribution in [0.1, 0.15) is 30.4 Å². The Morgan fingerprint density at radius 2 is 1.00 bits per heavy atom. The van der Waals surface area contributed by atoms with Gasteiger partial charge in [-0.1, -0.05) is 48.5 Å². The normalized spacial score (nSPS) is 14.2. The molecule has 2 aromatic carbocycles. The molecule has 0 saturated heterocycles. The van der Waals surface area contributed by atoms with Gasteiger partial charge in [0.05, 0.1) is 32.8 Å². The third-order valence-corrected chi connectivity index (χ3v) is 9.63. The smallest absolute Gasteiger partial charge is 0.328 e. The summed E-state index contributed by atoms with van der Waals surface area (Å²) in [7, 11) is 0. The molecule has 9 amide bonds. The van der Waals surface area contributed by atoms with Gasteiger partial charge in [-0.15, -0.1) is 0 Å². The number of hydrogen-bond donors (Lipinski definition) is 15. The van der Waals surface area contributed by atoms with E-state index in [2.05, 4.69) is 36.9 Å². The maximum atomic E-state index is 13.9. The SMILES string of the molecule is NCC(=O)N[C@@H](Cc1c[nH]c2ccccc12)C(=O)N[C@@H](CC(N)=O)C(=O)N[C@@H](CO)C(=O)N[C@@H](Cc1ccccc1)C(=O)N[C@@H](CCC(N)=O)C(=O)N[C@@H](CO)C(=O)N[C@@H](CO)C(=O)O. The number of nitrogens with two attached hydrogens (primary N) is 3. The van der Waals surface area contributed by atoms with Crippen LogP contribution in [0.5, 0.6) is 0 Å². The van der Waals surface area contributed by atoms with Crippen molar-refractivity contribution in [1.29, 1.82) is 0 Å². The third-order valence-electron chi connectivity index (χ3n) is 9.63. The van der Waals surface area contributed by atoms with E-state index in [1.165, 1.54) is 0 Å². The number of rotatable bonds is 27. The van der Waals surface area contributed by atoms with Crippen LogP contribution in [0.4, 0.5) is 0 Å². The largest absolute Gasteiger partial charge is 0.480 e. The number of H-pyrrole nitrogens is 1. The molecule has 25 heteroatoms. The number of aliphatic hydroxyl groups is 3. The maximum absolute atomic E-state index is 13.9. The van der Waals surface area contributed by atoms with Crippen LogP contribution in [-0.4, -0.2) is 153 Å². The number of aromatic amines is 1. The summed E-state index contributed by atoms with van der Waals surface area (Å²) < 4.78 is 0. The number of carboxylic acids is 1. The van der Waals surface area contributed by atoms with Gasteiger partial charge < -0.3 is 79.8 Å². The van der Waals surface area contributed by atoms with E-state index in [0.29, 0.717) is 11.1 Å². The Labute approximate surface area is 370 Å². The second kappa shape index (κ2) is 25.6. The summed E-state index contributed by atoms with van der Waals surface area (Å²) >= 11 is 0. The number of aliphatic carboxylic acids is 1. The Morgan fingerprint density at radius 1 is 0.538 bits per heavy atom. The van der Waals surface area contributed by atoms with Crippen LogP contribution in [0.25, 0.3) is 10.9 Å². The maximum Gasteiger partial charge on any atom is 0.328 e. The topological polar surface area (TPSA) is 430 Å². The number of amides is 9. The summed E-state index contributed by atoms with van der Waals surface area (Å²) in [6.07, 6.45) is -0.544. The van der Waals surface area contributed by atoms with Gasteiger partial charge in [0, 0.05) is 36.4 Å². The van der Waals surface area contributed by atoms with Gasteiger partial charge in [0.15, 0.2) is 0 Å².